The number of aliphatic imine (C=N–C) groups is 1. The number of allylic oxidation sites excluding steroid dienone is 2. The Labute approximate surface area is 242 Å². The molecule has 40 heavy (non-hydrogen) atoms. The number of nitrogen functional groups attached to an aromatic ring is 1. The van der Waals surface area contributed by atoms with Crippen LogP contribution >= 0.6 is 0 Å². The van der Waals surface area contributed by atoms with Gasteiger partial charge in [0.2, 0.25) is 0 Å². The van der Waals surface area contributed by atoms with Crippen molar-refractivity contribution < 1.29 is 4.74 Å². The minimum Gasteiger partial charge on any atom is -0.384 e. The van der Waals surface area contributed by atoms with Gasteiger partial charge in [0.15, 0.2) is 6.29 Å². The molecule has 3 heterocycles. The average molecular weight is 550 g/mol. The van der Waals surface area contributed by atoms with Gasteiger partial charge in [0.1, 0.15) is 17.5 Å². The van der Waals surface area contributed by atoms with Crippen LogP contribution in [-0.2, 0) is 4.74 Å². The quantitative estimate of drug-likeness (QED) is 0.515. The second-order valence-corrected chi connectivity index (χ2v) is 13.1. The van der Waals surface area contributed by atoms with E-state index in [0.29, 0.717) is 24.9 Å². The average Bonchev–Trinajstić information content (AvgIpc) is 3.12. The molecule has 1 aliphatic carbocycles. The Kier molecular flexibility index (Phi) is 9.75. The molecule has 4 rings (SSSR count). The molecular formula is C32H51N7O. The topological polar surface area (TPSA) is 82.3 Å². The van der Waals surface area contributed by atoms with E-state index in [-0.39, 0.29) is 23.3 Å². The lowest BCUT2D eigenvalue weighted by Gasteiger charge is -2.35. The SMILES string of the molecule is C/C1=N\C(NC2C=CC([C@@H]3CCCN(C)C3)=CCC2)N(C)/C=C/[C@](C)(COC(C)(C)C)CN1c1cccc(N)n1. The molecule has 1 aromatic heterocycles. The number of likely N-dealkylation sites (tertiary alicyclic amines) is 1. The lowest BCUT2D eigenvalue weighted by molar-refractivity contribution is -0.0336. The van der Waals surface area contributed by atoms with Crippen molar-refractivity contribution in [1.29, 1.82) is 0 Å². The first kappa shape index (κ1) is 30.3. The van der Waals surface area contributed by atoms with E-state index in [2.05, 4.69) is 104 Å². The summed E-state index contributed by atoms with van der Waals surface area (Å²) < 4.78 is 6.30. The summed E-state index contributed by atoms with van der Waals surface area (Å²) in [6, 6.07) is 5.99. The summed E-state index contributed by atoms with van der Waals surface area (Å²) in [5.41, 5.74) is 7.08. The Morgan fingerprint density at radius 2 is 2.00 bits per heavy atom. The fourth-order valence-electron chi connectivity index (χ4n) is 5.60. The molecule has 0 spiro atoms. The van der Waals surface area contributed by atoms with Crippen LogP contribution in [0, 0.1) is 11.3 Å². The number of piperidine rings is 1. The maximum Gasteiger partial charge on any atom is 0.177 e. The number of nitrogens with zero attached hydrogens (tertiary/aromatic N) is 5. The Balaban J connectivity index is 1.58. The number of rotatable bonds is 6. The maximum absolute atomic E-state index is 6.30. The Bertz CT molecular complexity index is 1120. The summed E-state index contributed by atoms with van der Waals surface area (Å²) in [6.45, 7) is 14.2. The van der Waals surface area contributed by atoms with Crippen LogP contribution in [0.1, 0.15) is 60.3 Å². The van der Waals surface area contributed by atoms with Gasteiger partial charge in [0, 0.05) is 31.6 Å². The second kappa shape index (κ2) is 12.9. The van der Waals surface area contributed by atoms with Gasteiger partial charge in [-0.15, -0.1) is 0 Å². The smallest absolute Gasteiger partial charge is 0.177 e. The third kappa shape index (κ3) is 8.41. The molecule has 2 aliphatic heterocycles. The van der Waals surface area contributed by atoms with Gasteiger partial charge in [0.25, 0.3) is 0 Å². The van der Waals surface area contributed by atoms with Gasteiger partial charge in [-0.2, -0.15) is 0 Å². The number of amidine groups is 1. The zero-order chi connectivity index (χ0) is 28.9. The highest BCUT2D eigenvalue weighted by Gasteiger charge is 2.31. The van der Waals surface area contributed by atoms with Gasteiger partial charge >= 0.3 is 0 Å². The number of nitrogens with one attached hydrogen (secondary N) is 1. The highest BCUT2D eigenvalue weighted by atomic mass is 16.5. The molecule has 0 radical (unpaired) electrons. The highest BCUT2D eigenvalue weighted by Crippen LogP contribution is 2.29. The van der Waals surface area contributed by atoms with Crippen LogP contribution in [0.2, 0.25) is 0 Å². The molecule has 1 fully saturated rings. The summed E-state index contributed by atoms with van der Waals surface area (Å²) in [5, 5.41) is 3.83. The number of pyridine rings is 1. The van der Waals surface area contributed by atoms with E-state index >= 15 is 0 Å². The zero-order valence-electron chi connectivity index (χ0n) is 25.7. The molecule has 0 saturated carbocycles. The standard InChI is InChI=1S/C32H51N7O/c1-24-34-30(35-27-13-8-11-25(16-17-27)26-12-10-19-37(6)21-26)38(7)20-18-32(5,23-40-31(2,3)4)22-39(24)29-15-9-14-28(33)36-29/h9,11,14-18,20,26-27,30,35H,8,10,12-13,19,21-23H2,1-7H3,(H2,33,36)/b20-18+,34-24+/t26-,27?,30?,32+/m1/s1. The fourth-order valence-corrected chi connectivity index (χ4v) is 5.60. The predicted octanol–water partition coefficient (Wildman–Crippen LogP) is 5.03. The number of hydrogen-bond acceptors (Lipinski definition) is 8. The third-order valence-electron chi connectivity index (χ3n) is 8.02. The second-order valence-electron chi connectivity index (χ2n) is 13.1. The molecule has 8 nitrogen and oxygen atoms in total. The van der Waals surface area contributed by atoms with E-state index in [1.807, 2.05) is 18.2 Å². The third-order valence-corrected chi connectivity index (χ3v) is 8.02. The summed E-state index contributed by atoms with van der Waals surface area (Å²) in [4.78, 5) is 16.7. The Hall–Kier alpha value is -2.68. The van der Waals surface area contributed by atoms with Crippen molar-refractivity contribution >= 4 is 17.5 Å². The van der Waals surface area contributed by atoms with E-state index in [1.54, 1.807) is 0 Å². The molecule has 1 saturated heterocycles. The Morgan fingerprint density at radius 3 is 2.73 bits per heavy atom. The summed E-state index contributed by atoms with van der Waals surface area (Å²) in [6.07, 6.45) is 16.0. The molecule has 3 aliphatic rings. The van der Waals surface area contributed by atoms with E-state index in [1.165, 1.54) is 25.0 Å². The van der Waals surface area contributed by atoms with Crippen molar-refractivity contribution in [2.24, 2.45) is 16.3 Å². The van der Waals surface area contributed by atoms with Crippen molar-refractivity contribution in [3.63, 3.8) is 0 Å². The van der Waals surface area contributed by atoms with Crippen LogP contribution in [0.3, 0.4) is 0 Å². The van der Waals surface area contributed by atoms with Gasteiger partial charge in [-0.05, 0) is 96.8 Å². The highest BCUT2D eigenvalue weighted by molar-refractivity contribution is 5.95. The van der Waals surface area contributed by atoms with Crippen molar-refractivity contribution in [1.82, 2.24) is 20.1 Å². The number of ether oxygens (including phenoxy) is 1. The van der Waals surface area contributed by atoms with Gasteiger partial charge in [-0.25, -0.2) is 9.98 Å². The maximum atomic E-state index is 6.30. The monoisotopic (exact) mass is 549 g/mol. The molecule has 4 atom stereocenters. The zero-order valence-corrected chi connectivity index (χ0v) is 25.7. The lowest BCUT2D eigenvalue weighted by Crippen LogP contribution is -2.46. The van der Waals surface area contributed by atoms with Crippen molar-refractivity contribution in [3.05, 3.63) is 54.3 Å². The van der Waals surface area contributed by atoms with Crippen LogP contribution in [0.5, 0.6) is 0 Å². The summed E-state index contributed by atoms with van der Waals surface area (Å²) >= 11 is 0. The first-order chi connectivity index (χ1) is 18.9. The lowest BCUT2D eigenvalue weighted by atomic mass is 9.90. The number of aromatic nitrogens is 1. The molecule has 3 N–H and O–H groups in total. The van der Waals surface area contributed by atoms with Crippen LogP contribution < -0.4 is 16.0 Å². The van der Waals surface area contributed by atoms with Gasteiger partial charge in [-0.1, -0.05) is 37.3 Å². The number of nitrogens with two attached hydrogens (primary N) is 1. The molecule has 220 valence electrons. The van der Waals surface area contributed by atoms with E-state index < -0.39 is 0 Å². The van der Waals surface area contributed by atoms with Crippen molar-refractivity contribution in [2.45, 2.75) is 78.2 Å². The molecule has 8 heteroatoms. The fraction of sp³-hybridized carbons (Fsp3) is 0.625. The first-order valence-corrected chi connectivity index (χ1v) is 14.8. The number of anilines is 2. The summed E-state index contributed by atoms with van der Waals surface area (Å²) in [7, 11) is 4.33. The van der Waals surface area contributed by atoms with Gasteiger partial charge in [-0.3, -0.25) is 5.32 Å². The van der Waals surface area contributed by atoms with Gasteiger partial charge < -0.3 is 25.2 Å². The van der Waals surface area contributed by atoms with Gasteiger partial charge in [0.05, 0.1) is 12.2 Å². The van der Waals surface area contributed by atoms with E-state index in [9.17, 15) is 0 Å². The minimum atomic E-state index is -0.284. The summed E-state index contributed by atoms with van der Waals surface area (Å²) in [5.74, 6) is 2.81. The Morgan fingerprint density at radius 1 is 1.20 bits per heavy atom. The van der Waals surface area contributed by atoms with E-state index in [0.717, 1.165) is 31.0 Å². The molecule has 0 amide bonds. The minimum absolute atomic E-state index is 0.225. The molecular weight excluding hydrogens is 498 g/mol. The molecule has 0 bridgehead atoms. The largest absolute Gasteiger partial charge is 0.384 e. The van der Waals surface area contributed by atoms with Crippen LogP contribution in [0.15, 0.2) is 59.3 Å². The predicted molar refractivity (Wildman–Crippen MR) is 167 cm³/mol. The van der Waals surface area contributed by atoms with Crippen LogP contribution in [0.4, 0.5) is 11.6 Å². The molecule has 2 unspecified atom stereocenters. The first-order valence-electron chi connectivity index (χ1n) is 14.8. The normalized spacial score (nSPS) is 30.9. The molecule has 0 aromatic carbocycles. The van der Waals surface area contributed by atoms with E-state index in [4.69, 9.17) is 15.5 Å². The van der Waals surface area contributed by atoms with Crippen LogP contribution in [-0.4, -0.2) is 78.9 Å². The van der Waals surface area contributed by atoms with Crippen molar-refractivity contribution in [2.75, 3.05) is 51.0 Å². The van der Waals surface area contributed by atoms with Crippen LogP contribution in [0.25, 0.3) is 0 Å². The van der Waals surface area contributed by atoms with Crippen molar-refractivity contribution in [3.8, 4) is 0 Å². The molecule has 1 aromatic rings. The number of hydrogen-bond donors (Lipinski definition) is 2.